The average Bonchev–Trinajstić information content (AvgIpc) is 3.86. The summed E-state index contributed by atoms with van der Waals surface area (Å²) in [7, 11) is 0. The van der Waals surface area contributed by atoms with Crippen LogP contribution in [-0.4, -0.2) is 19.1 Å². The molecule has 0 radical (unpaired) electrons. The topological polar surface area (TPSA) is 35.6 Å². The van der Waals surface area contributed by atoms with Crippen molar-refractivity contribution in [3.8, 4) is 67.5 Å². The molecule has 3 heterocycles. The third-order valence-electron chi connectivity index (χ3n) is 12.1. The predicted octanol–water partition coefficient (Wildman–Crippen LogP) is 15.0. The van der Waals surface area contributed by atoms with Crippen molar-refractivity contribution in [2.75, 3.05) is 0 Å². The molecule has 62 heavy (non-hydrogen) atoms. The Morgan fingerprint density at radius 3 is 1.15 bits per heavy atom. The Labute approximate surface area is 359 Å². The minimum Gasteiger partial charge on any atom is -0.309 e. The van der Waals surface area contributed by atoms with Crippen LogP contribution in [0.1, 0.15) is 0 Å². The van der Waals surface area contributed by atoms with Gasteiger partial charge in [-0.05, 0) is 76.9 Å². The van der Waals surface area contributed by atoms with Crippen molar-refractivity contribution >= 4 is 43.6 Å². The van der Waals surface area contributed by atoms with Gasteiger partial charge in [-0.3, -0.25) is 0 Å². The normalized spacial score (nSPS) is 11.5. The average molecular weight is 791 g/mol. The van der Waals surface area contributed by atoms with Crippen LogP contribution in [0.4, 0.5) is 0 Å². The number of nitrogens with zero attached hydrogens (tertiary/aromatic N) is 4. The number of benzene rings is 9. The molecule has 9 aromatic carbocycles. The Morgan fingerprint density at radius 1 is 0.242 bits per heavy atom. The van der Waals surface area contributed by atoms with E-state index in [1.807, 2.05) is 12.1 Å². The highest BCUT2D eigenvalue weighted by atomic mass is 15.0. The molecule has 0 aliphatic carbocycles. The van der Waals surface area contributed by atoms with Crippen molar-refractivity contribution in [3.05, 3.63) is 231 Å². The first-order valence-corrected chi connectivity index (χ1v) is 21.1. The van der Waals surface area contributed by atoms with Crippen molar-refractivity contribution in [2.45, 2.75) is 0 Å². The Balaban J connectivity index is 1.02. The van der Waals surface area contributed by atoms with Crippen LogP contribution in [0, 0.1) is 0 Å². The third-order valence-corrected chi connectivity index (χ3v) is 12.1. The van der Waals surface area contributed by atoms with Crippen molar-refractivity contribution in [1.29, 1.82) is 0 Å². The summed E-state index contributed by atoms with van der Waals surface area (Å²) in [4.78, 5) is 10.3. The summed E-state index contributed by atoms with van der Waals surface area (Å²) in [6.07, 6.45) is 0. The van der Waals surface area contributed by atoms with Gasteiger partial charge in [0.25, 0.3) is 0 Å². The lowest BCUT2D eigenvalue weighted by molar-refractivity contribution is 1.16. The Bertz CT molecular complexity index is 3550. The minimum atomic E-state index is 0.688. The molecule has 12 aromatic rings. The van der Waals surface area contributed by atoms with E-state index in [9.17, 15) is 0 Å². The van der Waals surface area contributed by atoms with Gasteiger partial charge in [0.1, 0.15) is 0 Å². The molecule has 0 amide bonds. The van der Waals surface area contributed by atoms with Gasteiger partial charge in [-0.2, -0.15) is 0 Å². The van der Waals surface area contributed by atoms with Gasteiger partial charge in [-0.15, -0.1) is 0 Å². The standard InChI is InChI=1S/C58H38N4/c1-4-16-39(17-5-1)40-30-32-41(33-31-40)44-22-14-24-46(34-44)61-54-28-12-10-26-48(54)50-37-57-51(36-56(50)61)49-27-11-13-29-55(49)62(57)47-25-15-23-45(35-47)58-59-52(42-18-6-2-7-19-42)38-53(60-58)43-20-8-3-9-21-43/h1-38H. The van der Waals surface area contributed by atoms with E-state index in [0.717, 1.165) is 50.5 Å². The molecule has 0 saturated heterocycles. The van der Waals surface area contributed by atoms with Crippen LogP contribution < -0.4 is 0 Å². The van der Waals surface area contributed by atoms with E-state index in [1.54, 1.807) is 0 Å². The molecule has 4 nitrogen and oxygen atoms in total. The summed E-state index contributed by atoms with van der Waals surface area (Å²) in [6, 6.07) is 82.2. The molecule has 0 aliphatic rings. The number of para-hydroxylation sites is 2. The molecular formula is C58H38N4. The molecule has 0 atom stereocenters. The zero-order valence-corrected chi connectivity index (χ0v) is 33.7. The monoisotopic (exact) mass is 790 g/mol. The van der Waals surface area contributed by atoms with Gasteiger partial charge in [-0.25, -0.2) is 9.97 Å². The van der Waals surface area contributed by atoms with Crippen molar-refractivity contribution in [1.82, 2.24) is 19.1 Å². The molecule has 0 aliphatic heterocycles. The number of hydrogen-bond donors (Lipinski definition) is 0. The molecule has 0 N–H and O–H groups in total. The lowest BCUT2D eigenvalue weighted by atomic mass is 10.00. The van der Waals surface area contributed by atoms with Crippen LogP contribution in [0.2, 0.25) is 0 Å². The summed E-state index contributed by atoms with van der Waals surface area (Å²) in [5.74, 6) is 0.688. The number of fused-ring (bicyclic) bond motifs is 6. The van der Waals surface area contributed by atoms with Crippen LogP contribution in [0.5, 0.6) is 0 Å². The largest absolute Gasteiger partial charge is 0.309 e. The lowest BCUT2D eigenvalue weighted by Crippen LogP contribution is -1.98. The Hall–Kier alpha value is -8.34. The molecule has 4 heteroatoms. The number of hydrogen-bond acceptors (Lipinski definition) is 2. The van der Waals surface area contributed by atoms with Crippen LogP contribution in [0.25, 0.3) is 111 Å². The van der Waals surface area contributed by atoms with E-state index in [2.05, 4.69) is 228 Å². The maximum Gasteiger partial charge on any atom is 0.160 e. The fourth-order valence-electron chi connectivity index (χ4n) is 9.17. The summed E-state index contributed by atoms with van der Waals surface area (Å²) in [6.45, 7) is 0. The van der Waals surface area contributed by atoms with Crippen molar-refractivity contribution < 1.29 is 0 Å². The summed E-state index contributed by atoms with van der Waals surface area (Å²) in [5.41, 5.74) is 16.5. The smallest absolute Gasteiger partial charge is 0.160 e. The summed E-state index contributed by atoms with van der Waals surface area (Å²) >= 11 is 0. The highest BCUT2D eigenvalue weighted by Gasteiger charge is 2.20. The second-order valence-corrected chi connectivity index (χ2v) is 15.8. The molecule has 0 bridgehead atoms. The highest BCUT2D eigenvalue weighted by molar-refractivity contribution is 6.19. The first kappa shape index (κ1) is 35.6. The first-order chi connectivity index (χ1) is 30.7. The van der Waals surface area contributed by atoms with E-state index >= 15 is 0 Å². The zero-order valence-electron chi connectivity index (χ0n) is 33.7. The highest BCUT2D eigenvalue weighted by Crippen LogP contribution is 2.41. The maximum atomic E-state index is 5.17. The second kappa shape index (κ2) is 14.7. The molecule has 12 rings (SSSR count). The van der Waals surface area contributed by atoms with Gasteiger partial charge in [0.15, 0.2) is 5.82 Å². The van der Waals surface area contributed by atoms with Gasteiger partial charge in [0.2, 0.25) is 0 Å². The van der Waals surface area contributed by atoms with Gasteiger partial charge < -0.3 is 9.13 Å². The maximum absolute atomic E-state index is 5.17. The van der Waals surface area contributed by atoms with Crippen LogP contribution in [-0.2, 0) is 0 Å². The molecule has 290 valence electrons. The van der Waals surface area contributed by atoms with Crippen LogP contribution >= 0.6 is 0 Å². The van der Waals surface area contributed by atoms with E-state index in [0.29, 0.717) is 5.82 Å². The SMILES string of the molecule is c1ccc(-c2ccc(-c3cccc(-n4c5ccccc5c5cc6c(cc54)c4ccccc4n6-c4cccc(-c5nc(-c6ccccc6)cc(-c6ccccc6)n5)c4)c3)cc2)cc1. The van der Waals surface area contributed by atoms with Gasteiger partial charge in [-0.1, -0.05) is 176 Å². The molecule has 0 fully saturated rings. The van der Waals surface area contributed by atoms with Crippen LogP contribution in [0.3, 0.4) is 0 Å². The Morgan fingerprint density at radius 2 is 0.629 bits per heavy atom. The number of rotatable bonds is 7. The van der Waals surface area contributed by atoms with Crippen molar-refractivity contribution in [3.63, 3.8) is 0 Å². The van der Waals surface area contributed by atoms with Crippen LogP contribution in [0.15, 0.2) is 231 Å². The first-order valence-electron chi connectivity index (χ1n) is 21.1. The molecule has 0 unspecified atom stereocenters. The Kier molecular flexibility index (Phi) is 8.46. The fraction of sp³-hybridized carbons (Fsp3) is 0. The van der Waals surface area contributed by atoms with E-state index in [-0.39, 0.29) is 0 Å². The molecule has 0 saturated carbocycles. The van der Waals surface area contributed by atoms with E-state index in [1.165, 1.54) is 54.8 Å². The predicted molar refractivity (Wildman–Crippen MR) is 258 cm³/mol. The minimum absolute atomic E-state index is 0.688. The van der Waals surface area contributed by atoms with Gasteiger partial charge in [0.05, 0.1) is 33.5 Å². The van der Waals surface area contributed by atoms with E-state index in [4.69, 9.17) is 9.97 Å². The quantitative estimate of drug-likeness (QED) is 0.161. The zero-order chi connectivity index (χ0) is 41.0. The molecule has 0 spiro atoms. The third kappa shape index (κ3) is 6.08. The molecular weight excluding hydrogens is 753 g/mol. The lowest BCUT2D eigenvalue weighted by Gasteiger charge is -2.12. The van der Waals surface area contributed by atoms with Crippen molar-refractivity contribution in [2.24, 2.45) is 0 Å². The fourth-order valence-corrected chi connectivity index (χ4v) is 9.17. The van der Waals surface area contributed by atoms with E-state index < -0.39 is 0 Å². The van der Waals surface area contributed by atoms with Gasteiger partial charge in [0, 0.05) is 49.6 Å². The summed E-state index contributed by atoms with van der Waals surface area (Å²) in [5, 5.41) is 4.82. The summed E-state index contributed by atoms with van der Waals surface area (Å²) < 4.78 is 4.83. The number of aromatic nitrogens is 4. The molecule has 3 aromatic heterocycles. The van der Waals surface area contributed by atoms with Gasteiger partial charge >= 0.3 is 0 Å². The second-order valence-electron chi connectivity index (χ2n) is 15.8.